The fourth-order valence-corrected chi connectivity index (χ4v) is 2.02. The normalized spacial score (nSPS) is 19.2. The molecule has 1 aromatic rings. The van der Waals surface area contributed by atoms with Gasteiger partial charge in [0.1, 0.15) is 12.6 Å². The molecule has 3 N–H and O–H groups in total. The molecule has 1 aromatic heterocycles. The average Bonchev–Trinajstić information content (AvgIpc) is 2.37. The van der Waals surface area contributed by atoms with Gasteiger partial charge < -0.3 is 10.6 Å². The third kappa shape index (κ3) is 2.40. The first kappa shape index (κ1) is 13.0. The van der Waals surface area contributed by atoms with Crippen molar-refractivity contribution in [1.29, 1.82) is 0 Å². The highest BCUT2D eigenvalue weighted by atomic mass is 16.2. The second-order valence-corrected chi connectivity index (χ2v) is 4.21. The van der Waals surface area contributed by atoms with Crippen LogP contribution in [-0.2, 0) is 9.59 Å². The van der Waals surface area contributed by atoms with Gasteiger partial charge in [-0.15, -0.1) is 0 Å². The molecule has 0 aromatic carbocycles. The first-order chi connectivity index (χ1) is 9.04. The van der Waals surface area contributed by atoms with Gasteiger partial charge in [-0.2, -0.15) is 0 Å². The van der Waals surface area contributed by atoms with Crippen molar-refractivity contribution in [3.8, 4) is 0 Å². The summed E-state index contributed by atoms with van der Waals surface area (Å²) in [4.78, 5) is 40.5. The van der Waals surface area contributed by atoms with E-state index in [-0.39, 0.29) is 17.9 Å². The molecular weight excluding hydrogens is 248 g/mol. The molecule has 3 amide bonds. The molecule has 1 aliphatic heterocycles. The van der Waals surface area contributed by atoms with Gasteiger partial charge in [0.05, 0.1) is 5.69 Å². The van der Waals surface area contributed by atoms with E-state index in [2.05, 4.69) is 10.3 Å². The summed E-state index contributed by atoms with van der Waals surface area (Å²) >= 11 is 0. The lowest BCUT2D eigenvalue weighted by Crippen LogP contribution is -2.59. The van der Waals surface area contributed by atoms with Gasteiger partial charge in [0.25, 0.3) is 5.91 Å². The van der Waals surface area contributed by atoms with Gasteiger partial charge in [0, 0.05) is 6.20 Å². The third-order valence-electron chi connectivity index (χ3n) is 2.94. The number of aromatic nitrogens is 1. The minimum atomic E-state index is -0.674. The van der Waals surface area contributed by atoms with Crippen LogP contribution in [0.5, 0.6) is 0 Å². The van der Waals surface area contributed by atoms with Crippen LogP contribution in [0.2, 0.25) is 0 Å². The number of rotatable bonds is 2. The number of nitrogens with one attached hydrogen (secondary N) is 1. The van der Waals surface area contributed by atoms with Crippen molar-refractivity contribution < 1.29 is 14.4 Å². The predicted octanol–water partition coefficient (Wildman–Crippen LogP) is -0.459. The molecule has 7 heteroatoms. The van der Waals surface area contributed by atoms with Gasteiger partial charge >= 0.3 is 0 Å². The fourth-order valence-electron chi connectivity index (χ4n) is 2.02. The van der Waals surface area contributed by atoms with E-state index >= 15 is 0 Å². The number of hydrogen-bond donors (Lipinski definition) is 2. The zero-order valence-electron chi connectivity index (χ0n) is 10.4. The lowest BCUT2D eigenvalue weighted by Gasteiger charge is -2.33. The number of anilines is 1. The van der Waals surface area contributed by atoms with Crippen molar-refractivity contribution in [2.75, 3.05) is 12.3 Å². The molecule has 2 heterocycles. The van der Waals surface area contributed by atoms with Gasteiger partial charge in [-0.25, -0.2) is 4.98 Å². The van der Waals surface area contributed by atoms with Crippen molar-refractivity contribution in [2.45, 2.75) is 19.4 Å². The molecule has 0 radical (unpaired) electrons. The van der Waals surface area contributed by atoms with Gasteiger partial charge in [-0.3, -0.25) is 19.7 Å². The molecular formula is C12H14N4O3. The van der Waals surface area contributed by atoms with E-state index in [0.717, 1.165) is 0 Å². The molecule has 1 unspecified atom stereocenters. The SMILES string of the molecule is CCC1C(=O)NC(=O)CN1C(=O)c1ncccc1N. The number of amides is 3. The van der Waals surface area contributed by atoms with Crippen LogP contribution in [0.1, 0.15) is 23.8 Å². The number of imide groups is 1. The van der Waals surface area contributed by atoms with Crippen molar-refractivity contribution in [1.82, 2.24) is 15.2 Å². The summed E-state index contributed by atoms with van der Waals surface area (Å²) in [5, 5.41) is 2.21. The Balaban J connectivity index is 2.33. The Morgan fingerprint density at radius 2 is 2.32 bits per heavy atom. The zero-order chi connectivity index (χ0) is 14.0. The maximum Gasteiger partial charge on any atom is 0.275 e. The standard InChI is InChI=1S/C12H14N4O3/c1-2-8-11(18)15-9(17)6-16(8)12(19)10-7(13)4-3-5-14-10/h3-5,8H,2,6,13H2,1H3,(H,15,17,18). The summed E-state index contributed by atoms with van der Waals surface area (Å²) < 4.78 is 0. The summed E-state index contributed by atoms with van der Waals surface area (Å²) in [5.74, 6) is -1.48. The van der Waals surface area contributed by atoms with E-state index < -0.39 is 23.8 Å². The van der Waals surface area contributed by atoms with Crippen LogP contribution in [0, 0.1) is 0 Å². The highest BCUT2D eigenvalue weighted by Gasteiger charge is 2.36. The Labute approximate surface area is 109 Å². The summed E-state index contributed by atoms with van der Waals surface area (Å²) in [6.45, 7) is 1.60. The Morgan fingerprint density at radius 3 is 2.95 bits per heavy atom. The van der Waals surface area contributed by atoms with E-state index in [4.69, 9.17) is 5.73 Å². The van der Waals surface area contributed by atoms with Crippen molar-refractivity contribution in [3.05, 3.63) is 24.0 Å². The summed E-state index contributed by atoms with van der Waals surface area (Å²) in [5.41, 5.74) is 5.97. The topological polar surface area (TPSA) is 105 Å². The quantitative estimate of drug-likeness (QED) is 0.702. The molecule has 19 heavy (non-hydrogen) atoms. The number of carbonyl (C=O) groups is 3. The van der Waals surface area contributed by atoms with Crippen molar-refractivity contribution in [3.63, 3.8) is 0 Å². The van der Waals surface area contributed by atoms with E-state index in [1.807, 2.05) is 0 Å². The molecule has 7 nitrogen and oxygen atoms in total. The second-order valence-electron chi connectivity index (χ2n) is 4.21. The third-order valence-corrected chi connectivity index (χ3v) is 2.94. The van der Waals surface area contributed by atoms with Crippen LogP contribution in [0.15, 0.2) is 18.3 Å². The maximum absolute atomic E-state index is 12.3. The first-order valence-corrected chi connectivity index (χ1v) is 5.89. The Bertz CT molecular complexity index is 544. The van der Waals surface area contributed by atoms with Crippen LogP contribution < -0.4 is 11.1 Å². The molecule has 0 saturated carbocycles. The Kier molecular flexibility index (Phi) is 3.46. The number of nitrogens with zero attached hydrogens (tertiary/aromatic N) is 2. The van der Waals surface area contributed by atoms with Gasteiger partial charge in [0.2, 0.25) is 11.8 Å². The van der Waals surface area contributed by atoms with Crippen molar-refractivity contribution in [2.24, 2.45) is 0 Å². The van der Waals surface area contributed by atoms with E-state index in [0.29, 0.717) is 6.42 Å². The average molecular weight is 262 g/mol. The Hall–Kier alpha value is -2.44. The summed E-state index contributed by atoms with van der Waals surface area (Å²) in [7, 11) is 0. The van der Waals surface area contributed by atoms with Gasteiger partial charge in [0.15, 0.2) is 5.69 Å². The van der Waals surface area contributed by atoms with Crippen LogP contribution >= 0.6 is 0 Å². The molecule has 0 bridgehead atoms. The summed E-state index contributed by atoms with van der Waals surface area (Å²) in [6.07, 6.45) is 1.86. The molecule has 2 rings (SSSR count). The van der Waals surface area contributed by atoms with Gasteiger partial charge in [-0.05, 0) is 18.6 Å². The van der Waals surface area contributed by atoms with Crippen LogP contribution in [0.25, 0.3) is 0 Å². The lowest BCUT2D eigenvalue weighted by atomic mass is 10.1. The van der Waals surface area contributed by atoms with Crippen LogP contribution in [0.4, 0.5) is 5.69 Å². The van der Waals surface area contributed by atoms with Crippen LogP contribution in [-0.4, -0.2) is 40.2 Å². The number of pyridine rings is 1. The Morgan fingerprint density at radius 1 is 1.58 bits per heavy atom. The number of hydrogen-bond acceptors (Lipinski definition) is 5. The molecule has 0 spiro atoms. The molecule has 1 fully saturated rings. The number of nitrogens with two attached hydrogens (primary N) is 1. The van der Waals surface area contributed by atoms with E-state index in [1.165, 1.54) is 11.1 Å². The van der Waals surface area contributed by atoms with E-state index in [9.17, 15) is 14.4 Å². The van der Waals surface area contributed by atoms with Crippen molar-refractivity contribution >= 4 is 23.4 Å². The maximum atomic E-state index is 12.3. The number of carbonyl (C=O) groups excluding carboxylic acids is 3. The predicted molar refractivity (Wildman–Crippen MR) is 66.9 cm³/mol. The number of piperazine rings is 1. The molecule has 1 aliphatic rings. The smallest absolute Gasteiger partial charge is 0.275 e. The minimum Gasteiger partial charge on any atom is -0.397 e. The van der Waals surface area contributed by atoms with Gasteiger partial charge in [-0.1, -0.05) is 6.92 Å². The molecule has 0 aliphatic carbocycles. The van der Waals surface area contributed by atoms with E-state index in [1.54, 1.807) is 19.1 Å². The first-order valence-electron chi connectivity index (χ1n) is 5.89. The monoisotopic (exact) mass is 262 g/mol. The number of nitrogen functional groups attached to an aromatic ring is 1. The lowest BCUT2D eigenvalue weighted by molar-refractivity contribution is -0.138. The molecule has 1 atom stereocenters. The summed E-state index contributed by atoms with van der Waals surface area (Å²) in [6, 6.07) is 2.48. The molecule has 100 valence electrons. The largest absolute Gasteiger partial charge is 0.397 e. The van der Waals surface area contributed by atoms with Crippen LogP contribution in [0.3, 0.4) is 0 Å². The zero-order valence-corrected chi connectivity index (χ0v) is 10.4. The fraction of sp³-hybridized carbons (Fsp3) is 0.333. The highest BCUT2D eigenvalue weighted by molar-refractivity contribution is 6.07. The minimum absolute atomic E-state index is 0.0588. The molecule has 1 saturated heterocycles. The second kappa shape index (κ2) is 5.05. The highest BCUT2D eigenvalue weighted by Crippen LogP contribution is 2.16.